The average molecular weight is 606 g/mol. The van der Waals surface area contributed by atoms with Crippen molar-refractivity contribution in [2.24, 2.45) is 0 Å². The highest BCUT2D eigenvalue weighted by molar-refractivity contribution is 5.93. The van der Waals surface area contributed by atoms with Gasteiger partial charge >= 0.3 is 12.1 Å². The zero-order chi connectivity index (χ0) is 30.8. The molecule has 44 heavy (non-hydrogen) atoms. The number of imidazole rings is 1. The van der Waals surface area contributed by atoms with Crippen molar-refractivity contribution in [3.8, 4) is 17.1 Å². The molecular weight excluding hydrogens is 578 g/mol. The van der Waals surface area contributed by atoms with Crippen LogP contribution in [0.5, 0.6) is 5.88 Å². The van der Waals surface area contributed by atoms with Crippen molar-refractivity contribution in [3.05, 3.63) is 113 Å². The Kier molecular flexibility index (Phi) is 8.05. The van der Waals surface area contributed by atoms with E-state index in [1.165, 1.54) is 7.11 Å². The Morgan fingerprint density at radius 3 is 2.50 bits per heavy atom. The van der Waals surface area contributed by atoms with E-state index >= 15 is 0 Å². The van der Waals surface area contributed by atoms with Gasteiger partial charge in [-0.2, -0.15) is 13.2 Å². The number of rotatable bonds is 9. The van der Waals surface area contributed by atoms with Crippen LogP contribution in [-0.4, -0.2) is 40.3 Å². The maximum Gasteiger partial charge on any atom is 0.416 e. The topological polar surface area (TPSA) is 75.5 Å². The van der Waals surface area contributed by atoms with Crippen molar-refractivity contribution in [3.63, 3.8) is 0 Å². The Morgan fingerprint density at radius 1 is 1.02 bits per heavy atom. The van der Waals surface area contributed by atoms with Gasteiger partial charge in [0.05, 0.1) is 47.6 Å². The first-order valence-electron chi connectivity index (χ1n) is 13.9. The van der Waals surface area contributed by atoms with Crippen molar-refractivity contribution in [2.45, 2.75) is 38.3 Å². The van der Waals surface area contributed by atoms with Gasteiger partial charge in [-0.05, 0) is 48.4 Å². The molecule has 7 nitrogen and oxygen atoms in total. The molecule has 2 aromatic heterocycles. The molecule has 3 aromatic carbocycles. The molecule has 1 atom stereocenters. The van der Waals surface area contributed by atoms with Gasteiger partial charge in [0.25, 0.3) is 0 Å². The van der Waals surface area contributed by atoms with Gasteiger partial charge < -0.3 is 18.8 Å². The van der Waals surface area contributed by atoms with E-state index in [0.717, 1.165) is 53.1 Å². The van der Waals surface area contributed by atoms with Gasteiger partial charge in [-0.3, -0.25) is 0 Å². The highest BCUT2D eigenvalue weighted by Crippen LogP contribution is 2.31. The maximum absolute atomic E-state index is 14.2. The monoisotopic (exact) mass is 605 g/mol. The maximum atomic E-state index is 14.2. The van der Waals surface area contributed by atoms with Crippen LogP contribution < -0.4 is 4.74 Å². The Labute approximate surface area is 250 Å². The number of nitrogens with zero attached hydrogens (tertiary/aromatic N) is 3. The van der Waals surface area contributed by atoms with Crippen molar-refractivity contribution in [2.75, 3.05) is 13.7 Å². The lowest BCUT2D eigenvalue weighted by Crippen LogP contribution is -2.31. The first kappa shape index (κ1) is 29.3. The first-order valence-corrected chi connectivity index (χ1v) is 13.9. The van der Waals surface area contributed by atoms with E-state index in [0.29, 0.717) is 30.3 Å². The molecule has 1 aliphatic heterocycles. The number of hydrogen-bond donors (Lipinski definition) is 0. The first-order chi connectivity index (χ1) is 21.2. The van der Waals surface area contributed by atoms with Gasteiger partial charge in [-0.1, -0.05) is 36.4 Å². The summed E-state index contributed by atoms with van der Waals surface area (Å²) >= 11 is 0. The number of ether oxygens (including phenoxy) is 3. The molecule has 11 heteroatoms. The molecule has 1 unspecified atom stereocenters. The van der Waals surface area contributed by atoms with E-state index in [9.17, 15) is 22.4 Å². The van der Waals surface area contributed by atoms with Crippen LogP contribution in [0.15, 0.2) is 78.9 Å². The molecule has 0 amide bonds. The molecule has 0 saturated carbocycles. The van der Waals surface area contributed by atoms with E-state index in [2.05, 4.69) is 9.55 Å². The normalized spacial score (nSPS) is 14.8. The summed E-state index contributed by atoms with van der Waals surface area (Å²) < 4.78 is 71.0. The quantitative estimate of drug-likeness (QED) is 0.133. The van der Waals surface area contributed by atoms with E-state index in [1.807, 2.05) is 30.3 Å². The third-order valence-corrected chi connectivity index (χ3v) is 7.52. The zero-order valence-electron chi connectivity index (χ0n) is 23.6. The number of esters is 1. The van der Waals surface area contributed by atoms with Crippen LogP contribution in [-0.2, 0) is 35.2 Å². The average Bonchev–Trinajstić information content (AvgIpc) is 3.33. The summed E-state index contributed by atoms with van der Waals surface area (Å²) in [4.78, 5) is 21.5. The molecule has 0 bridgehead atoms. The summed E-state index contributed by atoms with van der Waals surface area (Å²) in [6, 6.07) is 20.6. The smallest absolute Gasteiger partial charge is 0.416 e. The molecule has 0 aliphatic carbocycles. The minimum Gasteiger partial charge on any atom is -0.473 e. The van der Waals surface area contributed by atoms with Gasteiger partial charge in [0.15, 0.2) is 0 Å². The molecule has 0 N–H and O–H groups in total. The molecular formula is C33H27F4N3O4. The minimum absolute atomic E-state index is 0.00836. The molecule has 0 spiro atoms. The number of carbonyl (C=O) groups is 1. The summed E-state index contributed by atoms with van der Waals surface area (Å²) in [5.41, 5.74) is 3.46. The lowest BCUT2D eigenvalue weighted by Gasteiger charge is -2.27. The third-order valence-electron chi connectivity index (χ3n) is 7.52. The minimum atomic E-state index is -4.62. The van der Waals surface area contributed by atoms with Crippen LogP contribution in [0.2, 0.25) is 0 Å². The zero-order valence-corrected chi connectivity index (χ0v) is 23.6. The molecule has 1 saturated heterocycles. The third kappa shape index (κ3) is 6.28. The largest absolute Gasteiger partial charge is 0.473 e. The number of alkyl halides is 3. The molecule has 3 heterocycles. The van der Waals surface area contributed by atoms with E-state index < -0.39 is 23.5 Å². The highest BCUT2D eigenvalue weighted by Gasteiger charge is 2.31. The van der Waals surface area contributed by atoms with Crippen molar-refractivity contribution in [1.29, 1.82) is 0 Å². The van der Waals surface area contributed by atoms with Gasteiger partial charge in [0.2, 0.25) is 5.88 Å². The van der Waals surface area contributed by atoms with Gasteiger partial charge in [-0.25, -0.2) is 19.2 Å². The molecule has 6 rings (SSSR count). The van der Waals surface area contributed by atoms with Crippen LogP contribution in [0, 0.1) is 5.82 Å². The standard InChI is InChI=1S/C33H27F4N3O4/c1-42-32(41)22-10-12-28-29(16-22)40(18-25-13-14-43-25)30(38-28)15-20-5-7-21(8-6-20)27-3-2-4-31(39-27)44-19-23-9-11-24(17-26(23)34)33(35,36)37/h2-12,16-17,25H,13-15,18-19H2,1H3. The lowest BCUT2D eigenvalue weighted by molar-refractivity contribution is -0.137. The van der Waals surface area contributed by atoms with Crippen LogP contribution in [0.25, 0.3) is 22.3 Å². The van der Waals surface area contributed by atoms with Crippen LogP contribution in [0.1, 0.15) is 39.3 Å². The van der Waals surface area contributed by atoms with Crippen LogP contribution in [0.3, 0.4) is 0 Å². The van der Waals surface area contributed by atoms with Crippen molar-refractivity contribution in [1.82, 2.24) is 14.5 Å². The van der Waals surface area contributed by atoms with Crippen LogP contribution in [0.4, 0.5) is 17.6 Å². The number of fused-ring (bicyclic) bond motifs is 1. The molecule has 226 valence electrons. The predicted molar refractivity (Wildman–Crippen MR) is 154 cm³/mol. The van der Waals surface area contributed by atoms with Gasteiger partial charge in [0, 0.05) is 30.2 Å². The fourth-order valence-electron chi connectivity index (χ4n) is 5.01. The molecule has 1 fully saturated rings. The SMILES string of the molecule is COC(=O)c1ccc2nc(Cc3ccc(-c4cccc(OCc5ccc(C(F)(F)F)cc5F)n4)cc3)n(CC3CCO3)c2c1. The number of methoxy groups -OCH3 is 1. The van der Waals surface area contributed by atoms with Gasteiger partial charge in [0.1, 0.15) is 18.2 Å². The Hall–Kier alpha value is -4.77. The fraction of sp³-hybridized carbons (Fsp3) is 0.242. The van der Waals surface area contributed by atoms with E-state index in [-0.39, 0.29) is 24.2 Å². The summed E-state index contributed by atoms with van der Waals surface area (Å²) in [5.74, 6) is -0.353. The van der Waals surface area contributed by atoms with E-state index in [1.54, 1.807) is 30.3 Å². The molecule has 1 aliphatic rings. The van der Waals surface area contributed by atoms with Crippen LogP contribution >= 0.6 is 0 Å². The molecule has 5 aromatic rings. The second-order valence-electron chi connectivity index (χ2n) is 10.4. The summed E-state index contributed by atoms with van der Waals surface area (Å²) in [7, 11) is 1.35. The highest BCUT2D eigenvalue weighted by atomic mass is 19.4. The summed E-state index contributed by atoms with van der Waals surface area (Å²) in [6.07, 6.45) is -3.03. The molecule has 0 radical (unpaired) electrons. The fourth-order valence-corrected chi connectivity index (χ4v) is 5.01. The number of aromatic nitrogens is 3. The number of halogens is 4. The number of carbonyl (C=O) groups excluding carboxylic acids is 1. The summed E-state index contributed by atoms with van der Waals surface area (Å²) in [5, 5.41) is 0. The Morgan fingerprint density at radius 2 is 1.82 bits per heavy atom. The lowest BCUT2D eigenvalue weighted by atomic mass is 10.1. The Bertz CT molecular complexity index is 1810. The van der Waals surface area contributed by atoms with Gasteiger partial charge in [-0.15, -0.1) is 0 Å². The predicted octanol–water partition coefficient (Wildman–Crippen LogP) is 7.00. The van der Waals surface area contributed by atoms with Crippen molar-refractivity contribution < 1.29 is 36.6 Å². The summed E-state index contributed by atoms with van der Waals surface area (Å²) in [6.45, 7) is 1.09. The van der Waals surface area contributed by atoms with Crippen molar-refractivity contribution >= 4 is 17.0 Å². The number of pyridine rings is 1. The second-order valence-corrected chi connectivity index (χ2v) is 10.4. The number of hydrogen-bond acceptors (Lipinski definition) is 6. The second kappa shape index (κ2) is 12.1. The Balaban J connectivity index is 1.18. The van der Waals surface area contributed by atoms with E-state index in [4.69, 9.17) is 19.2 Å². The number of benzene rings is 3.